The van der Waals surface area contributed by atoms with Crippen molar-refractivity contribution in [2.45, 2.75) is 13.5 Å². The summed E-state index contributed by atoms with van der Waals surface area (Å²) in [5.74, 6) is 0.677. The molecule has 0 unspecified atom stereocenters. The minimum Gasteiger partial charge on any atom is -0.324 e. The largest absolute Gasteiger partial charge is 0.324 e. The molecule has 2 N–H and O–H groups in total. The van der Waals surface area contributed by atoms with Gasteiger partial charge in [-0.25, -0.2) is 9.97 Å². The van der Waals surface area contributed by atoms with Crippen molar-refractivity contribution in [1.82, 2.24) is 9.97 Å². The normalized spacial score (nSPS) is 9.62. The molecular weight excluding hydrogens is 222 g/mol. The summed E-state index contributed by atoms with van der Waals surface area (Å²) in [5, 5.41) is 0. The number of benzene rings is 1. The first-order chi connectivity index (χ1) is 7.31. The van der Waals surface area contributed by atoms with Gasteiger partial charge in [-0.05, 0) is 18.6 Å². The number of aryl methyl sites for hydroxylation is 1. The molecule has 0 spiro atoms. The smallest absolute Gasteiger partial charge is 0.142 e. The van der Waals surface area contributed by atoms with Gasteiger partial charge >= 0.3 is 0 Å². The lowest BCUT2D eigenvalue weighted by Gasteiger charge is -2.05. The van der Waals surface area contributed by atoms with E-state index in [1.807, 2.05) is 18.2 Å². The first-order valence-electron chi connectivity index (χ1n) is 4.89. The Bertz CT molecular complexity index is 471. The van der Waals surface area contributed by atoms with Crippen molar-refractivity contribution in [2.24, 2.45) is 5.73 Å². The SMILES string of the molecule is Cc1ccccc1-c1ccnc(CN)n1.Cl. The van der Waals surface area contributed by atoms with E-state index in [4.69, 9.17) is 5.73 Å². The van der Waals surface area contributed by atoms with E-state index in [2.05, 4.69) is 29.0 Å². The Labute approximate surface area is 101 Å². The molecule has 0 aliphatic carbocycles. The lowest BCUT2D eigenvalue weighted by atomic mass is 10.1. The standard InChI is InChI=1S/C12H13N3.ClH/c1-9-4-2-3-5-10(9)11-6-7-14-12(8-13)15-11;/h2-7H,8,13H2,1H3;1H. The fourth-order valence-corrected chi connectivity index (χ4v) is 1.51. The first-order valence-corrected chi connectivity index (χ1v) is 4.89. The average Bonchev–Trinajstić information content (AvgIpc) is 2.30. The zero-order chi connectivity index (χ0) is 10.7. The van der Waals surface area contributed by atoms with E-state index < -0.39 is 0 Å². The highest BCUT2D eigenvalue weighted by Crippen LogP contribution is 2.20. The average molecular weight is 236 g/mol. The molecule has 1 heterocycles. The summed E-state index contributed by atoms with van der Waals surface area (Å²) in [6, 6.07) is 10.1. The summed E-state index contributed by atoms with van der Waals surface area (Å²) < 4.78 is 0. The Morgan fingerprint density at radius 3 is 2.62 bits per heavy atom. The summed E-state index contributed by atoms with van der Waals surface area (Å²) in [6.07, 6.45) is 1.75. The summed E-state index contributed by atoms with van der Waals surface area (Å²) in [4.78, 5) is 8.46. The number of halogens is 1. The molecule has 0 saturated heterocycles. The van der Waals surface area contributed by atoms with Crippen LogP contribution in [0.5, 0.6) is 0 Å². The van der Waals surface area contributed by atoms with Crippen LogP contribution in [0.4, 0.5) is 0 Å². The summed E-state index contributed by atoms with van der Waals surface area (Å²) in [6.45, 7) is 2.44. The number of nitrogens with two attached hydrogens (primary N) is 1. The number of rotatable bonds is 2. The Balaban J connectivity index is 0.00000128. The summed E-state index contributed by atoms with van der Waals surface area (Å²) in [5.41, 5.74) is 8.79. The van der Waals surface area contributed by atoms with Crippen molar-refractivity contribution >= 4 is 12.4 Å². The van der Waals surface area contributed by atoms with Crippen LogP contribution in [0.25, 0.3) is 11.3 Å². The zero-order valence-electron chi connectivity index (χ0n) is 9.05. The minimum atomic E-state index is 0. The molecule has 0 saturated carbocycles. The third kappa shape index (κ3) is 2.56. The van der Waals surface area contributed by atoms with Gasteiger partial charge in [0.05, 0.1) is 12.2 Å². The topological polar surface area (TPSA) is 51.8 Å². The van der Waals surface area contributed by atoms with E-state index in [0.717, 1.165) is 11.3 Å². The lowest BCUT2D eigenvalue weighted by molar-refractivity contribution is 0.911. The maximum absolute atomic E-state index is 5.51. The Morgan fingerprint density at radius 1 is 1.19 bits per heavy atom. The highest BCUT2D eigenvalue weighted by molar-refractivity contribution is 5.85. The van der Waals surface area contributed by atoms with Crippen LogP contribution in [0, 0.1) is 6.92 Å². The number of aromatic nitrogens is 2. The minimum absolute atomic E-state index is 0. The molecule has 0 aliphatic heterocycles. The molecule has 1 aromatic carbocycles. The summed E-state index contributed by atoms with van der Waals surface area (Å²) in [7, 11) is 0. The van der Waals surface area contributed by atoms with Gasteiger partial charge in [0, 0.05) is 11.8 Å². The molecule has 1 aromatic heterocycles. The second-order valence-corrected chi connectivity index (χ2v) is 3.38. The van der Waals surface area contributed by atoms with Gasteiger partial charge in [-0.15, -0.1) is 12.4 Å². The Morgan fingerprint density at radius 2 is 1.94 bits per heavy atom. The molecule has 84 valence electrons. The lowest BCUT2D eigenvalue weighted by Crippen LogP contribution is -2.03. The molecule has 4 heteroatoms. The van der Waals surface area contributed by atoms with Crippen LogP contribution in [0.1, 0.15) is 11.4 Å². The molecule has 2 rings (SSSR count). The fourth-order valence-electron chi connectivity index (χ4n) is 1.51. The Hall–Kier alpha value is -1.45. The van der Waals surface area contributed by atoms with Crippen molar-refractivity contribution in [3.05, 3.63) is 47.9 Å². The number of hydrogen-bond acceptors (Lipinski definition) is 3. The predicted molar refractivity (Wildman–Crippen MR) is 67.3 cm³/mol. The first kappa shape index (κ1) is 12.6. The van der Waals surface area contributed by atoms with Crippen LogP contribution >= 0.6 is 12.4 Å². The summed E-state index contributed by atoms with van der Waals surface area (Å²) >= 11 is 0. The van der Waals surface area contributed by atoms with Crippen molar-refractivity contribution in [2.75, 3.05) is 0 Å². The number of nitrogens with zero attached hydrogens (tertiary/aromatic N) is 2. The molecule has 16 heavy (non-hydrogen) atoms. The van der Waals surface area contributed by atoms with Crippen molar-refractivity contribution in [3.63, 3.8) is 0 Å². The van der Waals surface area contributed by atoms with Crippen LogP contribution in [0.2, 0.25) is 0 Å². The van der Waals surface area contributed by atoms with E-state index >= 15 is 0 Å². The van der Waals surface area contributed by atoms with Crippen LogP contribution in [-0.2, 0) is 6.54 Å². The van der Waals surface area contributed by atoms with Crippen molar-refractivity contribution in [3.8, 4) is 11.3 Å². The fraction of sp³-hybridized carbons (Fsp3) is 0.167. The van der Waals surface area contributed by atoms with Crippen LogP contribution in [0.3, 0.4) is 0 Å². The van der Waals surface area contributed by atoms with Gasteiger partial charge in [-0.2, -0.15) is 0 Å². The molecular formula is C12H14ClN3. The maximum atomic E-state index is 5.51. The van der Waals surface area contributed by atoms with Crippen molar-refractivity contribution < 1.29 is 0 Å². The monoisotopic (exact) mass is 235 g/mol. The third-order valence-corrected chi connectivity index (χ3v) is 2.31. The van der Waals surface area contributed by atoms with E-state index in [1.54, 1.807) is 6.20 Å². The molecule has 0 fully saturated rings. The van der Waals surface area contributed by atoms with E-state index in [0.29, 0.717) is 12.4 Å². The predicted octanol–water partition coefficient (Wildman–Crippen LogP) is 2.33. The Kier molecular flexibility index (Phi) is 4.40. The maximum Gasteiger partial charge on any atom is 0.142 e. The highest BCUT2D eigenvalue weighted by Gasteiger charge is 2.03. The van der Waals surface area contributed by atoms with E-state index in [9.17, 15) is 0 Å². The zero-order valence-corrected chi connectivity index (χ0v) is 9.87. The second kappa shape index (κ2) is 5.58. The van der Waals surface area contributed by atoms with Crippen LogP contribution in [0.15, 0.2) is 36.5 Å². The van der Waals surface area contributed by atoms with Gasteiger partial charge < -0.3 is 5.73 Å². The van der Waals surface area contributed by atoms with Gasteiger partial charge in [-0.3, -0.25) is 0 Å². The quantitative estimate of drug-likeness (QED) is 0.869. The molecule has 2 aromatic rings. The highest BCUT2D eigenvalue weighted by atomic mass is 35.5. The van der Waals surface area contributed by atoms with Gasteiger partial charge in [-0.1, -0.05) is 24.3 Å². The van der Waals surface area contributed by atoms with Gasteiger partial charge in [0.15, 0.2) is 0 Å². The van der Waals surface area contributed by atoms with Gasteiger partial charge in [0.1, 0.15) is 5.82 Å². The van der Waals surface area contributed by atoms with Crippen LogP contribution < -0.4 is 5.73 Å². The van der Waals surface area contributed by atoms with Crippen molar-refractivity contribution in [1.29, 1.82) is 0 Å². The third-order valence-electron chi connectivity index (χ3n) is 2.31. The number of hydrogen-bond donors (Lipinski definition) is 1. The molecule has 0 aliphatic rings. The molecule has 0 atom stereocenters. The molecule has 0 amide bonds. The van der Waals surface area contributed by atoms with Gasteiger partial charge in [0.25, 0.3) is 0 Å². The second-order valence-electron chi connectivity index (χ2n) is 3.38. The van der Waals surface area contributed by atoms with Crippen LogP contribution in [-0.4, -0.2) is 9.97 Å². The molecule has 3 nitrogen and oxygen atoms in total. The molecule has 0 radical (unpaired) electrons. The van der Waals surface area contributed by atoms with E-state index in [1.165, 1.54) is 5.56 Å². The molecule has 0 bridgehead atoms. The van der Waals surface area contributed by atoms with Gasteiger partial charge in [0.2, 0.25) is 0 Å². The van der Waals surface area contributed by atoms with E-state index in [-0.39, 0.29) is 12.4 Å².